The van der Waals surface area contributed by atoms with Crippen molar-refractivity contribution >= 4 is 34.7 Å². The molecule has 3 rings (SSSR count). The second-order valence-electron chi connectivity index (χ2n) is 7.01. The number of ether oxygens (including phenoxy) is 2. The van der Waals surface area contributed by atoms with Crippen LogP contribution >= 0.6 is 23.1 Å². The summed E-state index contributed by atoms with van der Waals surface area (Å²) in [6.45, 7) is 4.32. The summed E-state index contributed by atoms with van der Waals surface area (Å²) in [5, 5.41) is 8.40. The molecule has 2 aromatic rings. The van der Waals surface area contributed by atoms with Gasteiger partial charge in [-0.05, 0) is 40.8 Å². The maximum absolute atomic E-state index is 12.9. The van der Waals surface area contributed by atoms with Crippen LogP contribution in [0.2, 0.25) is 0 Å². The zero-order chi connectivity index (χ0) is 20.1. The van der Waals surface area contributed by atoms with E-state index in [0.29, 0.717) is 29.6 Å². The number of amides is 1. The van der Waals surface area contributed by atoms with E-state index in [1.807, 2.05) is 29.6 Å². The van der Waals surface area contributed by atoms with Crippen LogP contribution in [-0.4, -0.2) is 42.4 Å². The fourth-order valence-corrected chi connectivity index (χ4v) is 4.72. The molecule has 2 heterocycles. The number of benzene rings is 1. The van der Waals surface area contributed by atoms with E-state index in [-0.39, 0.29) is 11.9 Å². The summed E-state index contributed by atoms with van der Waals surface area (Å²) in [7, 11) is 3.24. The minimum atomic E-state index is -0.135. The number of hydrogen-bond donors (Lipinski definition) is 0. The number of nitrogens with zero attached hydrogens (tertiary/aromatic N) is 2. The second kappa shape index (κ2) is 9.47. The lowest BCUT2D eigenvalue weighted by Gasteiger charge is -2.23. The lowest BCUT2D eigenvalue weighted by Crippen LogP contribution is -2.28. The molecule has 7 heteroatoms. The van der Waals surface area contributed by atoms with Crippen LogP contribution < -0.4 is 9.47 Å². The Morgan fingerprint density at radius 1 is 1.29 bits per heavy atom. The Labute approximate surface area is 174 Å². The molecule has 0 bridgehead atoms. The number of methoxy groups -OCH3 is 2. The monoisotopic (exact) mass is 418 g/mol. The molecule has 0 saturated carbocycles. The van der Waals surface area contributed by atoms with Crippen molar-refractivity contribution in [3.05, 3.63) is 46.2 Å². The number of hydrogen-bond acceptors (Lipinski definition) is 6. The summed E-state index contributed by atoms with van der Waals surface area (Å²) in [6, 6.07) is 9.74. The lowest BCUT2D eigenvalue weighted by atomic mass is 10.0. The third-order valence-corrected chi connectivity index (χ3v) is 6.71. The quantitative estimate of drug-likeness (QED) is 0.616. The van der Waals surface area contributed by atoms with Crippen LogP contribution in [0, 0.1) is 5.92 Å². The Kier molecular flexibility index (Phi) is 7.02. The van der Waals surface area contributed by atoms with Gasteiger partial charge in [-0.3, -0.25) is 4.79 Å². The number of thioether (sulfide) groups is 1. The highest BCUT2D eigenvalue weighted by Gasteiger charge is 2.33. The van der Waals surface area contributed by atoms with Crippen LogP contribution in [-0.2, 0) is 4.79 Å². The average Bonchev–Trinajstić information content (AvgIpc) is 3.36. The van der Waals surface area contributed by atoms with Gasteiger partial charge in [0.15, 0.2) is 11.5 Å². The van der Waals surface area contributed by atoms with Crippen molar-refractivity contribution < 1.29 is 14.3 Å². The molecule has 150 valence electrons. The van der Waals surface area contributed by atoms with Crippen LogP contribution in [0.5, 0.6) is 11.5 Å². The van der Waals surface area contributed by atoms with Gasteiger partial charge in [0.05, 0.1) is 36.6 Å². The first-order valence-electron chi connectivity index (χ1n) is 9.26. The van der Waals surface area contributed by atoms with Crippen LogP contribution in [0.25, 0.3) is 0 Å². The minimum Gasteiger partial charge on any atom is -0.493 e. The molecular formula is C21H26N2O3S2. The molecule has 1 unspecified atom stereocenters. The van der Waals surface area contributed by atoms with Gasteiger partial charge in [0.2, 0.25) is 0 Å². The van der Waals surface area contributed by atoms with Gasteiger partial charge in [-0.15, -0.1) is 11.3 Å². The van der Waals surface area contributed by atoms with Gasteiger partial charge in [-0.2, -0.15) is 16.9 Å². The Morgan fingerprint density at radius 2 is 2.07 bits per heavy atom. The molecule has 5 nitrogen and oxygen atoms in total. The Balaban J connectivity index is 1.86. The third-order valence-electron chi connectivity index (χ3n) is 4.44. The predicted molar refractivity (Wildman–Crippen MR) is 117 cm³/mol. The van der Waals surface area contributed by atoms with Crippen LogP contribution in [0.1, 0.15) is 36.8 Å². The molecule has 0 spiro atoms. The van der Waals surface area contributed by atoms with Crippen molar-refractivity contribution in [1.82, 2.24) is 5.01 Å². The fourth-order valence-electron chi connectivity index (χ4n) is 3.10. The predicted octanol–water partition coefficient (Wildman–Crippen LogP) is 4.83. The van der Waals surface area contributed by atoms with Gasteiger partial charge >= 0.3 is 0 Å². The summed E-state index contributed by atoms with van der Waals surface area (Å²) in [4.78, 5) is 14.1. The van der Waals surface area contributed by atoms with Crippen molar-refractivity contribution in [2.24, 2.45) is 11.0 Å². The van der Waals surface area contributed by atoms with E-state index < -0.39 is 0 Å². The first-order valence-corrected chi connectivity index (χ1v) is 11.3. The summed E-state index contributed by atoms with van der Waals surface area (Å²) in [6.07, 6.45) is 0.691. The molecule has 1 aromatic heterocycles. The molecule has 0 fully saturated rings. The largest absolute Gasteiger partial charge is 0.493 e. The normalized spacial score (nSPS) is 16.4. The van der Waals surface area contributed by atoms with Gasteiger partial charge in [0, 0.05) is 6.42 Å². The fraction of sp³-hybridized carbons (Fsp3) is 0.429. The van der Waals surface area contributed by atoms with E-state index in [0.717, 1.165) is 21.9 Å². The molecule has 1 atom stereocenters. The first-order chi connectivity index (χ1) is 13.5. The second-order valence-corrected chi connectivity index (χ2v) is 8.98. The number of hydrazone groups is 1. The zero-order valence-electron chi connectivity index (χ0n) is 16.7. The smallest absolute Gasteiger partial charge is 0.253 e. The zero-order valence-corrected chi connectivity index (χ0v) is 18.3. The number of thiophene rings is 1. The average molecular weight is 419 g/mol. The van der Waals surface area contributed by atoms with Gasteiger partial charge in [-0.25, -0.2) is 5.01 Å². The summed E-state index contributed by atoms with van der Waals surface area (Å²) >= 11 is 3.31. The van der Waals surface area contributed by atoms with Crippen LogP contribution in [0.3, 0.4) is 0 Å². The summed E-state index contributed by atoms with van der Waals surface area (Å²) in [5.74, 6) is 3.33. The molecule has 1 amide bonds. The highest BCUT2D eigenvalue weighted by atomic mass is 32.2. The molecule has 0 radical (unpaired) electrons. The third kappa shape index (κ3) is 4.70. The van der Waals surface area contributed by atoms with E-state index in [9.17, 15) is 4.79 Å². The Morgan fingerprint density at radius 3 is 2.71 bits per heavy atom. The van der Waals surface area contributed by atoms with Gasteiger partial charge in [0.1, 0.15) is 0 Å². The highest BCUT2D eigenvalue weighted by molar-refractivity contribution is 7.99. The maximum atomic E-state index is 12.9. The lowest BCUT2D eigenvalue weighted by molar-refractivity contribution is -0.130. The van der Waals surface area contributed by atoms with Crippen molar-refractivity contribution in [3.63, 3.8) is 0 Å². The molecule has 1 aromatic carbocycles. The number of carbonyl (C=O) groups is 1. The highest BCUT2D eigenvalue weighted by Crippen LogP contribution is 2.38. The van der Waals surface area contributed by atoms with Crippen LogP contribution in [0.4, 0.5) is 0 Å². The molecule has 1 aliphatic rings. The molecule has 0 saturated heterocycles. The van der Waals surface area contributed by atoms with Crippen LogP contribution in [0.15, 0.2) is 40.8 Å². The van der Waals surface area contributed by atoms with Crippen molar-refractivity contribution in [2.75, 3.05) is 25.7 Å². The molecule has 1 aliphatic heterocycles. The standard InChI is InChI=1S/C21H26N2O3S2/c1-14(2)12-27-13-21(24)23-17(11-16(22-23)20-6-5-9-28-20)15-7-8-18(25-3)19(10-15)26-4/h5-10,14,17H,11-13H2,1-4H3. The van der Waals surface area contributed by atoms with E-state index in [1.165, 1.54) is 0 Å². The minimum absolute atomic E-state index is 0.0389. The van der Waals surface area contributed by atoms with E-state index in [2.05, 4.69) is 19.9 Å². The molecule has 0 N–H and O–H groups in total. The maximum Gasteiger partial charge on any atom is 0.253 e. The van der Waals surface area contributed by atoms with Crippen molar-refractivity contribution in [2.45, 2.75) is 26.3 Å². The van der Waals surface area contributed by atoms with E-state index >= 15 is 0 Å². The van der Waals surface area contributed by atoms with Gasteiger partial charge < -0.3 is 9.47 Å². The summed E-state index contributed by atoms with van der Waals surface area (Å²) in [5.41, 5.74) is 1.95. The number of carbonyl (C=O) groups excluding carboxylic acids is 1. The van der Waals surface area contributed by atoms with Crippen molar-refractivity contribution in [3.8, 4) is 11.5 Å². The molecular weight excluding hydrogens is 392 g/mol. The van der Waals surface area contributed by atoms with E-state index in [1.54, 1.807) is 42.3 Å². The first kappa shape index (κ1) is 20.7. The topological polar surface area (TPSA) is 51.1 Å². The Hall–Kier alpha value is -1.99. The molecule has 28 heavy (non-hydrogen) atoms. The summed E-state index contributed by atoms with van der Waals surface area (Å²) < 4.78 is 10.8. The van der Waals surface area contributed by atoms with Gasteiger partial charge in [-0.1, -0.05) is 26.0 Å². The van der Waals surface area contributed by atoms with Gasteiger partial charge in [0.25, 0.3) is 5.91 Å². The van der Waals surface area contributed by atoms with E-state index in [4.69, 9.17) is 14.6 Å². The Bertz CT molecular complexity index is 834. The molecule has 0 aliphatic carbocycles. The van der Waals surface area contributed by atoms with Crippen molar-refractivity contribution in [1.29, 1.82) is 0 Å². The SMILES string of the molecule is COc1ccc(C2CC(c3cccs3)=NN2C(=O)CSCC(C)C)cc1OC. The number of rotatable bonds is 8.